The molecule has 0 bridgehead atoms. The molecule has 0 atom stereocenters. The Morgan fingerprint density at radius 3 is 2.79 bits per heavy atom. The van der Waals surface area contributed by atoms with Crippen molar-refractivity contribution in [1.29, 1.82) is 0 Å². The Kier molecular flexibility index (Phi) is 3.75. The van der Waals surface area contributed by atoms with E-state index in [1.165, 1.54) is 7.11 Å². The maximum Gasteiger partial charge on any atom is 0.313 e. The Hall–Kier alpha value is -2.43. The van der Waals surface area contributed by atoms with E-state index in [0.29, 0.717) is 5.56 Å². The van der Waals surface area contributed by atoms with E-state index >= 15 is 0 Å². The lowest BCUT2D eigenvalue weighted by molar-refractivity contribution is -0.139. The van der Waals surface area contributed by atoms with Crippen molar-refractivity contribution in [2.45, 2.75) is 13.3 Å². The third kappa shape index (κ3) is 2.88. The molecule has 0 spiro atoms. The van der Waals surface area contributed by atoms with E-state index in [1.807, 2.05) is 23.8 Å². The average molecular weight is 258 g/mol. The third-order valence-electron chi connectivity index (χ3n) is 2.80. The summed E-state index contributed by atoms with van der Waals surface area (Å²) in [7, 11) is 1.26. The van der Waals surface area contributed by atoms with Crippen molar-refractivity contribution < 1.29 is 14.3 Å². The lowest BCUT2D eigenvalue weighted by atomic mass is 10.1. The minimum absolute atomic E-state index is 0.247. The van der Waals surface area contributed by atoms with Crippen LogP contribution in [-0.2, 0) is 9.53 Å². The van der Waals surface area contributed by atoms with Crippen molar-refractivity contribution in [3.63, 3.8) is 0 Å². The predicted octanol–water partition coefficient (Wildman–Crippen LogP) is 1.93. The molecule has 0 N–H and O–H groups in total. The van der Waals surface area contributed by atoms with E-state index in [4.69, 9.17) is 0 Å². The number of imidazole rings is 1. The molecule has 0 saturated carbocycles. The largest absolute Gasteiger partial charge is 0.469 e. The van der Waals surface area contributed by atoms with Crippen LogP contribution in [0.5, 0.6) is 0 Å². The first kappa shape index (κ1) is 13.0. The van der Waals surface area contributed by atoms with Crippen LogP contribution in [0.1, 0.15) is 22.6 Å². The highest BCUT2D eigenvalue weighted by atomic mass is 16.5. The molecule has 0 saturated heterocycles. The van der Waals surface area contributed by atoms with Crippen LogP contribution in [0.2, 0.25) is 0 Å². The molecule has 2 aromatic rings. The Bertz CT molecular complexity index is 617. The molecule has 1 heterocycles. The summed E-state index contributed by atoms with van der Waals surface area (Å²) in [6.07, 6.45) is 3.26. The molecule has 0 amide bonds. The van der Waals surface area contributed by atoms with E-state index in [-0.39, 0.29) is 12.2 Å². The number of hydrogen-bond acceptors (Lipinski definition) is 4. The zero-order chi connectivity index (χ0) is 13.8. The fourth-order valence-corrected chi connectivity index (χ4v) is 1.79. The van der Waals surface area contributed by atoms with Crippen LogP contribution in [0.3, 0.4) is 0 Å². The number of aryl methyl sites for hydroxylation is 1. The van der Waals surface area contributed by atoms with Gasteiger partial charge in [0.15, 0.2) is 5.78 Å². The van der Waals surface area contributed by atoms with Crippen molar-refractivity contribution in [3.05, 3.63) is 48.0 Å². The quantitative estimate of drug-likeness (QED) is 0.477. The van der Waals surface area contributed by atoms with Gasteiger partial charge >= 0.3 is 5.97 Å². The summed E-state index contributed by atoms with van der Waals surface area (Å²) in [6, 6.07) is 7.07. The molecule has 98 valence electrons. The van der Waals surface area contributed by atoms with Crippen LogP contribution in [0.15, 0.2) is 36.7 Å². The third-order valence-corrected chi connectivity index (χ3v) is 2.80. The molecule has 0 fully saturated rings. The summed E-state index contributed by atoms with van der Waals surface area (Å²) in [5.74, 6) is 0.0400. The Morgan fingerprint density at radius 2 is 2.16 bits per heavy atom. The van der Waals surface area contributed by atoms with Crippen LogP contribution in [0.25, 0.3) is 5.69 Å². The predicted molar refractivity (Wildman–Crippen MR) is 69.3 cm³/mol. The molecule has 0 unspecified atom stereocenters. The van der Waals surface area contributed by atoms with Crippen molar-refractivity contribution in [1.82, 2.24) is 9.55 Å². The highest BCUT2D eigenvalue weighted by Crippen LogP contribution is 2.14. The molecule has 5 heteroatoms. The molecule has 1 aromatic carbocycles. The number of carbonyl (C=O) groups excluding carboxylic acids is 2. The van der Waals surface area contributed by atoms with Crippen LogP contribution >= 0.6 is 0 Å². The number of hydrogen-bond donors (Lipinski definition) is 0. The maximum atomic E-state index is 11.9. The van der Waals surface area contributed by atoms with Crippen molar-refractivity contribution in [3.8, 4) is 5.69 Å². The summed E-state index contributed by atoms with van der Waals surface area (Å²) < 4.78 is 6.36. The minimum atomic E-state index is -0.533. The summed E-state index contributed by atoms with van der Waals surface area (Å²) in [5, 5.41) is 0. The monoisotopic (exact) mass is 258 g/mol. The van der Waals surface area contributed by atoms with Gasteiger partial charge in [-0.3, -0.25) is 9.59 Å². The van der Waals surface area contributed by atoms with E-state index in [9.17, 15) is 9.59 Å². The lowest BCUT2D eigenvalue weighted by Gasteiger charge is -2.07. The zero-order valence-electron chi connectivity index (χ0n) is 10.8. The molecule has 19 heavy (non-hydrogen) atoms. The van der Waals surface area contributed by atoms with Gasteiger partial charge in [-0.15, -0.1) is 0 Å². The van der Waals surface area contributed by atoms with E-state index in [0.717, 1.165) is 11.5 Å². The number of benzene rings is 1. The number of ether oxygens (including phenoxy) is 1. The number of carbonyl (C=O) groups is 2. The smallest absolute Gasteiger partial charge is 0.313 e. The molecular weight excluding hydrogens is 244 g/mol. The van der Waals surface area contributed by atoms with Crippen LogP contribution in [0.4, 0.5) is 0 Å². The number of Topliss-reactive ketones (excluding diaryl/α,β-unsaturated/α-hetero) is 1. The Balaban J connectivity index is 2.27. The van der Waals surface area contributed by atoms with Crippen molar-refractivity contribution in [2.75, 3.05) is 7.11 Å². The van der Waals surface area contributed by atoms with Crippen molar-refractivity contribution >= 4 is 11.8 Å². The highest BCUT2D eigenvalue weighted by molar-refractivity contribution is 6.06. The molecule has 1 aromatic heterocycles. The second-order valence-corrected chi connectivity index (χ2v) is 4.07. The summed E-state index contributed by atoms with van der Waals surface area (Å²) >= 11 is 0. The summed E-state index contributed by atoms with van der Waals surface area (Å²) in [6.45, 7) is 1.88. The van der Waals surface area contributed by atoms with Gasteiger partial charge in [0, 0.05) is 23.6 Å². The van der Waals surface area contributed by atoms with Gasteiger partial charge in [0.2, 0.25) is 0 Å². The Morgan fingerprint density at radius 1 is 1.37 bits per heavy atom. The molecule has 0 aliphatic rings. The molecular formula is C14H14N2O3. The Labute approximate surface area is 110 Å². The fourth-order valence-electron chi connectivity index (χ4n) is 1.79. The topological polar surface area (TPSA) is 61.2 Å². The number of nitrogens with zero attached hydrogens (tertiary/aromatic N) is 2. The molecule has 5 nitrogen and oxygen atoms in total. The number of esters is 1. The first-order valence-corrected chi connectivity index (χ1v) is 5.82. The van der Waals surface area contributed by atoms with Crippen LogP contribution in [-0.4, -0.2) is 28.4 Å². The molecule has 0 aliphatic carbocycles. The van der Waals surface area contributed by atoms with Gasteiger partial charge in [0.05, 0.1) is 7.11 Å². The van der Waals surface area contributed by atoms with Gasteiger partial charge in [-0.25, -0.2) is 4.98 Å². The standard InChI is InChI=1S/C14H14N2O3/c1-10-15-6-7-16(10)12-5-3-4-11(8-12)13(17)9-14(18)19-2/h3-8H,9H2,1-2H3. The number of rotatable bonds is 4. The van der Waals surface area contributed by atoms with Gasteiger partial charge in [-0.05, 0) is 19.1 Å². The number of ketones is 1. The second-order valence-electron chi connectivity index (χ2n) is 4.07. The normalized spacial score (nSPS) is 10.2. The van der Waals surface area contributed by atoms with Gasteiger partial charge in [-0.2, -0.15) is 0 Å². The number of methoxy groups -OCH3 is 1. The van der Waals surface area contributed by atoms with Crippen LogP contribution < -0.4 is 0 Å². The van der Waals surface area contributed by atoms with Gasteiger partial charge in [0.1, 0.15) is 12.2 Å². The minimum Gasteiger partial charge on any atom is -0.469 e. The average Bonchev–Trinajstić information content (AvgIpc) is 2.85. The second kappa shape index (κ2) is 5.48. The first-order valence-electron chi connectivity index (χ1n) is 5.82. The molecule has 0 radical (unpaired) electrons. The first-order chi connectivity index (χ1) is 9.11. The SMILES string of the molecule is COC(=O)CC(=O)c1cccc(-n2ccnc2C)c1. The summed E-state index contributed by atoms with van der Waals surface area (Å²) in [5.41, 5.74) is 1.32. The fraction of sp³-hybridized carbons (Fsp3) is 0.214. The zero-order valence-corrected chi connectivity index (χ0v) is 10.8. The number of aromatic nitrogens is 2. The maximum absolute atomic E-state index is 11.9. The van der Waals surface area contributed by atoms with Gasteiger partial charge < -0.3 is 9.30 Å². The van der Waals surface area contributed by atoms with Crippen molar-refractivity contribution in [2.24, 2.45) is 0 Å². The van der Waals surface area contributed by atoms with Gasteiger partial charge in [0.25, 0.3) is 0 Å². The summed E-state index contributed by atoms with van der Waals surface area (Å²) in [4.78, 5) is 27.1. The molecule has 0 aliphatic heterocycles. The van der Waals surface area contributed by atoms with E-state index in [2.05, 4.69) is 9.72 Å². The highest BCUT2D eigenvalue weighted by Gasteiger charge is 2.12. The van der Waals surface area contributed by atoms with Gasteiger partial charge in [-0.1, -0.05) is 12.1 Å². The van der Waals surface area contributed by atoms with E-state index in [1.54, 1.807) is 24.4 Å². The molecule has 2 rings (SSSR count). The lowest BCUT2D eigenvalue weighted by Crippen LogP contribution is -2.10. The van der Waals surface area contributed by atoms with E-state index < -0.39 is 5.97 Å². The van der Waals surface area contributed by atoms with Crippen LogP contribution in [0, 0.1) is 6.92 Å².